The molecular formula is C22H24F3N5O3S. The largest absolute Gasteiger partial charge is 0.433 e. The number of ketones is 1. The lowest BCUT2D eigenvalue weighted by Crippen LogP contribution is -2.58. The third-order valence-electron chi connectivity index (χ3n) is 6.36. The summed E-state index contributed by atoms with van der Waals surface area (Å²) < 4.78 is 61.1. The number of nitrogens with zero attached hydrogens (tertiary/aromatic N) is 4. The Labute approximate surface area is 195 Å². The Hall–Kier alpha value is -3.02. The zero-order chi connectivity index (χ0) is 24.9. The Balaban J connectivity index is 1.67. The summed E-state index contributed by atoms with van der Waals surface area (Å²) in [4.78, 5) is 25.5. The zero-order valence-corrected chi connectivity index (χ0v) is 19.6. The van der Waals surface area contributed by atoms with Crippen LogP contribution in [0.4, 0.5) is 13.2 Å². The van der Waals surface area contributed by atoms with E-state index in [1.54, 1.807) is 20.8 Å². The molecule has 3 atom stereocenters. The van der Waals surface area contributed by atoms with Crippen LogP contribution in [0.3, 0.4) is 0 Å². The van der Waals surface area contributed by atoms with E-state index in [1.165, 1.54) is 24.3 Å². The highest BCUT2D eigenvalue weighted by Gasteiger charge is 2.57. The number of ether oxygens (including phenoxy) is 1. The van der Waals surface area contributed by atoms with Crippen molar-refractivity contribution in [2.75, 3.05) is 6.54 Å². The van der Waals surface area contributed by atoms with Crippen molar-refractivity contribution in [3.05, 3.63) is 53.4 Å². The predicted octanol–water partition coefficient (Wildman–Crippen LogP) is 3.25. The monoisotopic (exact) mass is 495 g/mol. The van der Waals surface area contributed by atoms with E-state index in [0.717, 1.165) is 6.20 Å². The van der Waals surface area contributed by atoms with E-state index >= 15 is 4.39 Å². The lowest BCUT2D eigenvalue weighted by Gasteiger charge is -2.44. The molecule has 4 heterocycles. The number of aliphatic imine (C=N–C) groups is 1. The first-order valence-electron chi connectivity index (χ1n) is 10.6. The molecule has 0 bridgehead atoms. The summed E-state index contributed by atoms with van der Waals surface area (Å²) in [6, 6.07) is 5.01. The Kier molecular flexibility index (Phi) is 5.91. The number of halogens is 3. The number of alkyl halides is 2. The van der Waals surface area contributed by atoms with Gasteiger partial charge in [-0.05, 0) is 51.5 Å². The Morgan fingerprint density at radius 3 is 2.65 bits per heavy atom. The molecule has 0 radical (unpaired) electrons. The summed E-state index contributed by atoms with van der Waals surface area (Å²) in [5, 5.41) is -0.598. The zero-order valence-electron chi connectivity index (χ0n) is 18.8. The second-order valence-electron chi connectivity index (χ2n) is 8.84. The van der Waals surface area contributed by atoms with Gasteiger partial charge in [0.05, 0.1) is 27.6 Å². The quantitative estimate of drug-likeness (QED) is 0.615. The van der Waals surface area contributed by atoms with E-state index in [-0.39, 0.29) is 35.1 Å². The Morgan fingerprint density at radius 1 is 1.26 bits per heavy atom. The van der Waals surface area contributed by atoms with Gasteiger partial charge in [0.1, 0.15) is 39.1 Å². The normalized spacial score (nSPS) is 27.6. The number of amidine groups is 1. The second-order valence-corrected chi connectivity index (χ2v) is 11.8. The van der Waals surface area contributed by atoms with Gasteiger partial charge in [-0.15, -0.1) is 0 Å². The summed E-state index contributed by atoms with van der Waals surface area (Å²) in [7, 11) is -2.87. The number of hydrogen-bond donors (Lipinski definition) is 1. The van der Waals surface area contributed by atoms with Crippen LogP contribution in [0.5, 0.6) is 5.75 Å². The first kappa shape index (κ1) is 24.1. The average molecular weight is 496 g/mol. The molecule has 2 aromatic heterocycles. The smallest absolute Gasteiger partial charge is 0.387 e. The van der Waals surface area contributed by atoms with E-state index in [9.17, 15) is 17.8 Å². The lowest BCUT2D eigenvalue weighted by atomic mass is 9.89. The minimum absolute atomic E-state index is 0.0137. The number of rotatable bonds is 6. The number of aromatic nitrogens is 2. The topological polar surface area (TPSA) is 120 Å². The maximum Gasteiger partial charge on any atom is 0.387 e. The SMILES string of the molecule is CC1(C)C(N)=N[C@](C)(c2nc(CC(=O)c3ccc(OC(F)F)cn3)ccc2F)[C@H]2CCN=[S@]21=O. The van der Waals surface area contributed by atoms with Crippen molar-refractivity contribution in [2.45, 2.75) is 55.8 Å². The van der Waals surface area contributed by atoms with E-state index in [2.05, 4.69) is 24.1 Å². The summed E-state index contributed by atoms with van der Waals surface area (Å²) in [5.74, 6) is -1.18. The molecule has 0 spiro atoms. The summed E-state index contributed by atoms with van der Waals surface area (Å²) in [6.45, 7) is 2.43. The number of hydrogen-bond acceptors (Lipinski definition) is 8. The van der Waals surface area contributed by atoms with Crippen molar-refractivity contribution in [3.8, 4) is 5.75 Å². The van der Waals surface area contributed by atoms with Crippen molar-refractivity contribution in [2.24, 2.45) is 15.1 Å². The number of carbonyl (C=O) groups excluding carboxylic acids is 1. The maximum absolute atomic E-state index is 15.0. The number of nitrogens with two attached hydrogens (primary N) is 1. The van der Waals surface area contributed by atoms with Gasteiger partial charge in [-0.2, -0.15) is 8.78 Å². The molecule has 0 saturated heterocycles. The van der Waals surface area contributed by atoms with Gasteiger partial charge >= 0.3 is 6.61 Å². The van der Waals surface area contributed by atoms with Crippen LogP contribution in [-0.4, -0.2) is 48.9 Å². The van der Waals surface area contributed by atoms with Gasteiger partial charge in [-0.1, -0.05) is 0 Å². The van der Waals surface area contributed by atoms with Crippen LogP contribution in [-0.2, 0) is 21.7 Å². The highest BCUT2D eigenvalue weighted by atomic mass is 32.2. The number of fused-ring (bicyclic) bond motifs is 1. The minimum atomic E-state index is -3.00. The van der Waals surface area contributed by atoms with Gasteiger partial charge in [0.2, 0.25) is 0 Å². The van der Waals surface area contributed by atoms with Crippen LogP contribution in [0.1, 0.15) is 49.1 Å². The third kappa shape index (κ3) is 3.83. The second kappa shape index (κ2) is 8.33. The van der Waals surface area contributed by atoms with Crippen LogP contribution in [0, 0.1) is 5.82 Å². The minimum Gasteiger partial charge on any atom is -0.433 e. The van der Waals surface area contributed by atoms with Crippen molar-refractivity contribution in [1.29, 1.82) is 0 Å². The molecule has 0 unspecified atom stereocenters. The van der Waals surface area contributed by atoms with Crippen LogP contribution in [0.25, 0.3) is 0 Å². The molecule has 0 fully saturated rings. The van der Waals surface area contributed by atoms with E-state index in [0.29, 0.717) is 13.0 Å². The van der Waals surface area contributed by atoms with E-state index < -0.39 is 43.5 Å². The number of Topliss-reactive ketones (excluding diaryl/α,β-unsaturated/α-hetero) is 1. The molecule has 12 heteroatoms. The molecule has 0 amide bonds. The first-order valence-corrected chi connectivity index (χ1v) is 12.1. The lowest BCUT2D eigenvalue weighted by molar-refractivity contribution is -0.0500. The van der Waals surface area contributed by atoms with E-state index in [4.69, 9.17) is 5.73 Å². The van der Waals surface area contributed by atoms with Gasteiger partial charge in [0, 0.05) is 12.2 Å². The first-order chi connectivity index (χ1) is 15.9. The molecule has 2 aromatic rings. The molecule has 2 aliphatic heterocycles. The van der Waals surface area contributed by atoms with Crippen LogP contribution < -0.4 is 10.5 Å². The molecule has 182 valence electrons. The highest BCUT2D eigenvalue weighted by molar-refractivity contribution is 7.96. The Bertz CT molecular complexity index is 1290. The number of carbonyl (C=O) groups is 1. The molecular weight excluding hydrogens is 471 g/mol. The van der Waals surface area contributed by atoms with Crippen molar-refractivity contribution in [1.82, 2.24) is 9.97 Å². The molecule has 4 rings (SSSR count). The number of pyridine rings is 2. The standard InChI is InChI=1S/C22H24F3N5O3S/c1-21(2)19(26)30-22(3,17-8-9-28-34(17,21)32)18-14(23)6-4-12(29-18)10-16(31)15-7-5-13(11-27-15)33-20(24)25/h4-7,11,17,20H,8-10H2,1-3H3,(H2,26,30)/t17-,22+,34+/m1/s1. The van der Waals surface area contributed by atoms with Crippen LogP contribution >= 0.6 is 0 Å². The van der Waals surface area contributed by atoms with Gasteiger partial charge in [-0.3, -0.25) is 14.8 Å². The molecule has 2 N–H and O–H groups in total. The summed E-state index contributed by atoms with van der Waals surface area (Å²) >= 11 is 0. The fourth-order valence-electron chi connectivity index (χ4n) is 4.39. The Morgan fingerprint density at radius 2 is 2.00 bits per heavy atom. The predicted molar refractivity (Wildman–Crippen MR) is 120 cm³/mol. The van der Waals surface area contributed by atoms with Gasteiger partial charge in [-0.25, -0.2) is 17.9 Å². The third-order valence-corrected chi connectivity index (χ3v) is 10.1. The fourth-order valence-corrected chi connectivity index (χ4v) is 7.53. The van der Waals surface area contributed by atoms with Gasteiger partial charge in [0.15, 0.2) is 5.78 Å². The highest BCUT2D eigenvalue weighted by Crippen LogP contribution is 2.47. The van der Waals surface area contributed by atoms with Crippen molar-refractivity contribution in [3.63, 3.8) is 0 Å². The van der Waals surface area contributed by atoms with Crippen LogP contribution in [0.15, 0.2) is 39.8 Å². The van der Waals surface area contributed by atoms with Crippen molar-refractivity contribution >= 4 is 21.3 Å². The molecule has 8 nitrogen and oxygen atoms in total. The molecule has 2 aliphatic rings. The summed E-state index contributed by atoms with van der Waals surface area (Å²) in [6.07, 6.45) is 1.24. The van der Waals surface area contributed by atoms with Gasteiger partial charge in [0.25, 0.3) is 0 Å². The van der Waals surface area contributed by atoms with Gasteiger partial charge < -0.3 is 10.5 Å². The average Bonchev–Trinajstić information content (AvgIpc) is 3.18. The molecule has 0 aliphatic carbocycles. The molecule has 0 aromatic carbocycles. The van der Waals surface area contributed by atoms with Crippen LogP contribution in [0.2, 0.25) is 0 Å². The van der Waals surface area contributed by atoms with Crippen molar-refractivity contribution < 1.29 is 26.9 Å². The van der Waals surface area contributed by atoms with E-state index in [1.807, 2.05) is 0 Å². The molecule has 0 saturated carbocycles. The maximum atomic E-state index is 15.0. The summed E-state index contributed by atoms with van der Waals surface area (Å²) in [5.41, 5.74) is 5.07. The molecule has 34 heavy (non-hydrogen) atoms. The fraction of sp³-hybridized carbons (Fsp3) is 0.455.